The van der Waals surface area contributed by atoms with E-state index in [0.717, 1.165) is 11.1 Å². The number of carbonyl (C=O) groups is 2. The van der Waals surface area contributed by atoms with Crippen LogP contribution < -0.4 is 5.32 Å². The largest absolute Gasteiger partial charge is 0.480 e. The lowest BCUT2D eigenvalue weighted by Gasteiger charge is -2.15. The number of carboxylic acid groups (broad SMARTS) is 1. The zero-order valence-electron chi connectivity index (χ0n) is 10.4. The predicted molar refractivity (Wildman–Crippen MR) is 66.5 cm³/mol. The third-order valence-electron chi connectivity index (χ3n) is 2.87. The number of benzene rings is 1. The molecular weight excluding hydrogens is 234 g/mol. The second kappa shape index (κ2) is 6.16. The van der Waals surface area contributed by atoms with Crippen molar-refractivity contribution < 1.29 is 19.8 Å². The Morgan fingerprint density at radius 1 is 1.33 bits per heavy atom. The first-order valence-corrected chi connectivity index (χ1v) is 5.68. The minimum atomic E-state index is -1.15. The predicted octanol–water partition coefficient (Wildman–Crippen LogP) is 0.869. The highest BCUT2D eigenvalue weighted by Crippen LogP contribution is 2.12. The SMILES string of the molecule is Cc1cccc(C(=O)NC(CCO)C(=O)O)c1C. The van der Waals surface area contributed by atoms with Crippen LogP contribution in [0, 0.1) is 13.8 Å². The molecule has 1 atom stereocenters. The van der Waals surface area contributed by atoms with Crippen LogP contribution in [-0.2, 0) is 4.79 Å². The lowest BCUT2D eigenvalue weighted by molar-refractivity contribution is -0.139. The summed E-state index contributed by atoms with van der Waals surface area (Å²) in [4.78, 5) is 22.8. The van der Waals surface area contributed by atoms with Gasteiger partial charge in [0.25, 0.3) is 5.91 Å². The van der Waals surface area contributed by atoms with Gasteiger partial charge in [-0.05, 0) is 31.0 Å². The summed E-state index contributed by atoms with van der Waals surface area (Å²) in [5.74, 6) is -1.58. The lowest BCUT2D eigenvalue weighted by atomic mass is 10.0. The number of aryl methyl sites for hydroxylation is 1. The van der Waals surface area contributed by atoms with E-state index in [1.54, 1.807) is 12.1 Å². The van der Waals surface area contributed by atoms with Crippen molar-refractivity contribution in [2.45, 2.75) is 26.3 Å². The van der Waals surface area contributed by atoms with Crippen molar-refractivity contribution in [3.05, 3.63) is 34.9 Å². The van der Waals surface area contributed by atoms with Crippen molar-refractivity contribution in [3.63, 3.8) is 0 Å². The number of aliphatic carboxylic acids is 1. The van der Waals surface area contributed by atoms with E-state index in [1.807, 2.05) is 19.9 Å². The molecule has 0 aliphatic carbocycles. The average molecular weight is 251 g/mol. The zero-order valence-corrected chi connectivity index (χ0v) is 10.4. The summed E-state index contributed by atoms with van der Waals surface area (Å²) in [5.41, 5.74) is 2.25. The molecule has 0 fully saturated rings. The van der Waals surface area contributed by atoms with Gasteiger partial charge in [-0.1, -0.05) is 12.1 Å². The van der Waals surface area contributed by atoms with Crippen LogP contribution in [0.25, 0.3) is 0 Å². The third kappa shape index (κ3) is 3.30. The summed E-state index contributed by atoms with van der Waals surface area (Å²) in [6.45, 7) is 3.41. The zero-order chi connectivity index (χ0) is 13.7. The fourth-order valence-corrected chi connectivity index (χ4v) is 1.62. The summed E-state index contributed by atoms with van der Waals surface area (Å²) in [6.07, 6.45) is -0.00800. The number of carbonyl (C=O) groups excluding carboxylic acids is 1. The van der Waals surface area contributed by atoms with Crippen molar-refractivity contribution >= 4 is 11.9 Å². The minimum absolute atomic E-state index is 0.00800. The van der Waals surface area contributed by atoms with Gasteiger partial charge in [-0.25, -0.2) is 4.79 Å². The molecular formula is C13H17NO4. The van der Waals surface area contributed by atoms with Gasteiger partial charge in [0.05, 0.1) is 0 Å². The summed E-state index contributed by atoms with van der Waals surface area (Å²) in [7, 11) is 0. The molecule has 0 radical (unpaired) electrons. The molecule has 1 amide bonds. The average Bonchev–Trinajstić information content (AvgIpc) is 2.31. The van der Waals surface area contributed by atoms with E-state index in [9.17, 15) is 9.59 Å². The molecule has 0 aliphatic heterocycles. The summed E-state index contributed by atoms with van der Waals surface area (Å²) in [5, 5.41) is 20.1. The number of aliphatic hydroxyl groups is 1. The van der Waals surface area contributed by atoms with Gasteiger partial charge < -0.3 is 15.5 Å². The third-order valence-corrected chi connectivity index (χ3v) is 2.87. The monoisotopic (exact) mass is 251 g/mol. The van der Waals surface area contributed by atoms with Crippen LogP contribution in [0.15, 0.2) is 18.2 Å². The molecule has 18 heavy (non-hydrogen) atoms. The van der Waals surface area contributed by atoms with Crippen LogP contribution in [-0.4, -0.2) is 34.7 Å². The molecule has 5 nitrogen and oxygen atoms in total. The van der Waals surface area contributed by atoms with Gasteiger partial charge in [0, 0.05) is 18.6 Å². The Hall–Kier alpha value is -1.88. The van der Waals surface area contributed by atoms with Gasteiger partial charge in [-0.2, -0.15) is 0 Å². The van der Waals surface area contributed by atoms with Crippen molar-refractivity contribution in [2.75, 3.05) is 6.61 Å². The number of hydrogen-bond acceptors (Lipinski definition) is 3. The maximum Gasteiger partial charge on any atom is 0.326 e. The second-order valence-electron chi connectivity index (χ2n) is 4.12. The van der Waals surface area contributed by atoms with Crippen molar-refractivity contribution in [2.24, 2.45) is 0 Å². The van der Waals surface area contributed by atoms with Gasteiger partial charge in [0.2, 0.25) is 0 Å². The number of amides is 1. The van der Waals surface area contributed by atoms with Gasteiger partial charge in [-0.3, -0.25) is 4.79 Å². The molecule has 5 heteroatoms. The van der Waals surface area contributed by atoms with Crippen LogP contribution >= 0.6 is 0 Å². The Bertz CT molecular complexity index is 456. The number of hydrogen-bond donors (Lipinski definition) is 3. The summed E-state index contributed by atoms with van der Waals surface area (Å²) in [6, 6.07) is 4.21. The maximum atomic E-state index is 12.0. The van der Waals surface area contributed by atoms with Gasteiger partial charge in [0.1, 0.15) is 6.04 Å². The maximum absolute atomic E-state index is 12.0. The minimum Gasteiger partial charge on any atom is -0.480 e. The first kappa shape index (κ1) is 14.2. The van der Waals surface area contributed by atoms with Crippen LogP contribution in [0.4, 0.5) is 0 Å². The van der Waals surface area contributed by atoms with Crippen LogP contribution in [0.2, 0.25) is 0 Å². The lowest BCUT2D eigenvalue weighted by Crippen LogP contribution is -2.41. The van der Waals surface area contributed by atoms with E-state index in [-0.39, 0.29) is 13.0 Å². The number of carboxylic acids is 1. The van der Waals surface area contributed by atoms with E-state index in [2.05, 4.69) is 5.32 Å². The first-order chi connectivity index (χ1) is 8.47. The molecule has 1 rings (SSSR count). The molecule has 1 aromatic rings. The molecule has 0 heterocycles. The quantitative estimate of drug-likeness (QED) is 0.724. The fourth-order valence-electron chi connectivity index (χ4n) is 1.62. The smallest absolute Gasteiger partial charge is 0.326 e. The number of rotatable bonds is 5. The Morgan fingerprint density at radius 3 is 2.56 bits per heavy atom. The highest BCUT2D eigenvalue weighted by molar-refractivity contribution is 5.98. The van der Waals surface area contributed by atoms with Crippen molar-refractivity contribution in [3.8, 4) is 0 Å². The molecule has 0 saturated carbocycles. The van der Waals surface area contributed by atoms with Crippen LogP contribution in [0.3, 0.4) is 0 Å². The topological polar surface area (TPSA) is 86.6 Å². The summed E-state index contributed by atoms with van der Waals surface area (Å²) < 4.78 is 0. The number of nitrogens with one attached hydrogen (secondary N) is 1. The number of aliphatic hydroxyl groups excluding tert-OH is 1. The molecule has 1 unspecified atom stereocenters. The second-order valence-corrected chi connectivity index (χ2v) is 4.12. The Balaban J connectivity index is 2.87. The summed E-state index contributed by atoms with van der Waals surface area (Å²) >= 11 is 0. The van der Waals surface area contributed by atoms with Gasteiger partial charge >= 0.3 is 5.97 Å². The highest BCUT2D eigenvalue weighted by atomic mass is 16.4. The van der Waals surface area contributed by atoms with E-state index < -0.39 is 17.9 Å². The van der Waals surface area contributed by atoms with Gasteiger partial charge in [-0.15, -0.1) is 0 Å². The van der Waals surface area contributed by atoms with Crippen LogP contribution in [0.5, 0.6) is 0 Å². The molecule has 1 aromatic carbocycles. The van der Waals surface area contributed by atoms with Crippen molar-refractivity contribution in [1.29, 1.82) is 0 Å². The highest BCUT2D eigenvalue weighted by Gasteiger charge is 2.20. The fraction of sp³-hybridized carbons (Fsp3) is 0.385. The van der Waals surface area contributed by atoms with E-state index in [4.69, 9.17) is 10.2 Å². The van der Waals surface area contributed by atoms with E-state index in [1.165, 1.54) is 0 Å². The molecule has 0 aromatic heterocycles. The van der Waals surface area contributed by atoms with Crippen LogP contribution in [0.1, 0.15) is 27.9 Å². The molecule has 0 spiro atoms. The Labute approximate surface area is 105 Å². The Kier molecular flexibility index (Phi) is 4.85. The standard InChI is InChI=1S/C13H17NO4/c1-8-4-3-5-10(9(8)2)12(16)14-11(6-7-15)13(17)18/h3-5,11,15H,6-7H2,1-2H3,(H,14,16)(H,17,18). The van der Waals surface area contributed by atoms with E-state index >= 15 is 0 Å². The van der Waals surface area contributed by atoms with Gasteiger partial charge in [0.15, 0.2) is 0 Å². The molecule has 0 saturated heterocycles. The first-order valence-electron chi connectivity index (χ1n) is 5.68. The molecule has 0 bridgehead atoms. The normalized spacial score (nSPS) is 11.9. The molecule has 98 valence electrons. The molecule has 0 aliphatic rings. The Morgan fingerprint density at radius 2 is 2.00 bits per heavy atom. The van der Waals surface area contributed by atoms with Crippen molar-refractivity contribution in [1.82, 2.24) is 5.32 Å². The molecule has 3 N–H and O–H groups in total. The van der Waals surface area contributed by atoms with E-state index in [0.29, 0.717) is 5.56 Å².